The second kappa shape index (κ2) is 7.43. The molecule has 1 aliphatic rings. The van der Waals surface area contributed by atoms with Crippen molar-refractivity contribution < 1.29 is 9.72 Å². The van der Waals surface area contributed by atoms with Crippen LogP contribution in [0.15, 0.2) is 42.5 Å². The lowest BCUT2D eigenvalue weighted by Crippen LogP contribution is -2.23. The van der Waals surface area contributed by atoms with E-state index in [1.165, 1.54) is 6.07 Å². The second-order valence-electron chi connectivity index (χ2n) is 6.65. The molecule has 1 amide bonds. The third-order valence-corrected chi connectivity index (χ3v) is 4.30. The van der Waals surface area contributed by atoms with Crippen LogP contribution >= 0.6 is 0 Å². The van der Waals surface area contributed by atoms with Crippen molar-refractivity contribution in [3.05, 3.63) is 63.7 Å². The molecule has 0 bridgehead atoms. The molecule has 2 aromatic rings. The number of nitrogens with zero attached hydrogens (tertiary/aromatic N) is 2. The van der Waals surface area contributed by atoms with E-state index in [0.717, 1.165) is 24.1 Å². The Morgan fingerprint density at radius 3 is 2.46 bits per heavy atom. The number of rotatable bonds is 7. The number of anilines is 2. The summed E-state index contributed by atoms with van der Waals surface area (Å²) in [5.41, 5.74) is 2.72. The summed E-state index contributed by atoms with van der Waals surface area (Å²) in [5.74, 6) is -0.331. The van der Waals surface area contributed by atoms with Crippen molar-refractivity contribution in [2.45, 2.75) is 25.4 Å². The highest BCUT2D eigenvalue weighted by Gasteiger charge is 2.25. The fourth-order valence-corrected chi connectivity index (χ4v) is 2.59. The number of carbonyl (C=O) groups excluding carboxylic acids is 1. The van der Waals surface area contributed by atoms with Crippen molar-refractivity contribution in [3.63, 3.8) is 0 Å². The zero-order valence-electron chi connectivity index (χ0n) is 14.9. The molecule has 2 aromatic carbocycles. The molecule has 0 atom stereocenters. The molecule has 26 heavy (non-hydrogen) atoms. The van der Waals surface area contributed by atoms with E-state index < -0.39 is 4.92 Å². The maximum atomic E-state index is 12.4. The molecule has 1 fully saturated rings. The summed E-state index contributed by atoms with van der Waals surface area (Å²) >= 11 is 0. The number of hydrogen-bond donors (Lipinski definition) is 2. The molecule has 0 spiro atoms. The first kappa shape index (κ1) is 17.7. The molecule has 2 N–H and O–H groups in total. The van der Waals surface area contributed by atoms with E-state index in [1.807, 2.05) is 43.3 Å². The van der Waals surface area contributed by atoms with Crippen molar-refractivity contribution in [3.8, 4) is 0 Å². The number of nitro benzene ring substituents is 1. The number of amides is 1. The molecule has 0 saturated heterocycles. The van der Waals surface area contributed by atoms with Crippen LogP contribution in [0.1, 0.15) is 28.8 Å². The van der Waals surface area contributed by atoms with Gasteiger partial charge in [-0.1, -0.05) is 12.1 Å². The van der Waals surface area contributed by atoms with Gasteiger partial charge in [0.05, 0.1) is 4.92 Å². The molecule has 7 heteroatoms. The average molecular weight is 354 g/mol. The maximum Gasteiger partial charge on any atom is 0.293 e. The topological polar surface area (TPSA) is 87.5 Å². The Morgan fingerprint density at radius 2 is 1.88 bits per heavy atom. The van der Waals surface area contributed by atoms with Crippen molar-refractivity contribution in [1.29, 1.82) is 0 Å². The molecule has 0 aliphatic heterocycles. The van der Waals surface area contributed by atoms with Crippen molar-refractivity contribution in [1.82, 2.24) is 5.32 Å². The molecule has 0 radical (unpaired) electrons. The summed E-state index contributed by atoms with van der Waals surface area (Å²) in [6, 6.07) is 12.7. The van der Waals surface area contributed by atoms with Gasteiger partial charge in [-0.3, -0.25) is 14.9 Å². The fraction of sp³-hybridized carbons (Fsp3) is 0.316. The Morgan fingerprint density at radius 1 is 1.19 bits per heavy atom. The molecule has 1 aliphatic carbocycles. The van der Waals surface area contributed by atoms with Crippen LogP contribution in [0, 0.1) is 10.1 Å². The molecule has 0 unspecified atom stereocenters. The van der Waals surface area contributed by atoms with Gasteiger partial charge in [0.15, 0.2) is 0 Å². The van der Waals surface area contributed by atoms with Gasteiger partial charge >= 0.3 is 0 Å². The van der Waals surface area contributed by atoms with Gasteiger partial charge in [-0.05, 0) is 42.7 Å². The summed E-state index contributed by atoms with van der Waals surface area (Å²) in [4.78, 5) is 25.2. The van der Waals surface area contributed by atoms with Crippen molar-refractivity contribution >= 4 is 23.0 Å². The maximum absolute atomic E-state index is 12.4. The molecule has 0 heterocycles. The molecule has 3 rings (SSSR count). The first-order chi connectivity index (χ1) is 12.4. The fourth-order valence-electron chi connectivity index (χ4n) is 2.59. The first-order valence-corrected chi connectivity index (χ1v) is 8.53. The molecular formula is C19H22N4O3. The van der Waals surface area contributed by atoms with Crippen molar-refractivity contribution in [2.24, 2.45) is 0 Å². The van der Waals surface area contributed by atoms with Crippen LogP contribution < -0.4 is 15.5 Å². The summed E-state index contributed by atoms with van der Waals surface area (Å²) in [5, 5.41) is 17.2. The lowest BCUT2D eigenvalue weighted by molar-refractivity contribution is -0.384. The van der Waals surface area contributed by atoms with Gasteiger partial charge in [-0.25, -0.2) is 0 Å². The Hall–Kier alpha value is -3.09. The lowest BCUT2D eigenvalue weighted by atomic mass is 10.1. The minimum Gasteiger partial charge on any atom is -0.378 e. The Balaban J connectivity index is 1.67. The SMILES string of the molecule is CN(C)c1ccc(CNC(=O)c2ccc(NC3CC3)c([N+](=O)[O-])c2)cc1. The molecule has 136 valence electrons. The van der Waals surface area contributed by atoms with Crippen molar-refractivity contribution in [2.75, 3.05) is 24.3 Å². The van der Waals surface area contributed by atoms with Gasteiger partial charge in [0, 0.05) is 44.0 Å². The van der Waals surface area contributed by atoms with Crippen LogP contribution in [0.5, 0.6) is 0 Å². The summed E-state index contributed by atoms with van der Waals surface area (Å²) < 4.78 is 0. The van der Waals surface area contributed by atoms with Gasteiger partial charge in [-0.15, -0.1) is 0 Å². The summed E-state index contributed by atoms with van der Waals surface area (Å²) in [6.45, 7) is 0.364. The second-order valence-corrected chi connectivity index (χ2v) is 6.65. The highest BCUT2D eigenvalue weighted by Crippen LogP contribution is 2.31. The highest BCUT2D eigenvalue weighted by molar-refractivity contribution is 5.95. The molecular weight excluding hydrogens is 332 g/mol. The predicted molar refractivity (Wildman–Crippen MR) is 102 cm³/mol. The molecule has 0 aromatic heterocycles. The zero-order chi connectivity index (χ0) is 18.7. The van der Waals surface area contributed by atoms with Gasteiger partial charge in [0.2, 0.25) is 0 Å². The number of carbonyl (C=O) groups is 1. The Labute approximate surface area is 152 Å². The van der Waals surface area contributed by atoms with Crippen LogP contribution in [0.4, 0.5) is 17.1 Å². The smallest absolute Gasteiger partial charge is 0.293 e. The summed E-state index contributed by atoms with van der Waals surface area (Å²) in [6.07, 6.45) is 2.04. The average Bonchev–Trinajstić information content (AvgIpc) is 3.44. The van der Waals surface area contributed by atoms with Gasteiger partial charge in [0.25, 0.3) is 11.6 Å². The molecule has 7 nitrogen and oxygen atoms in total. The minimum atomic E-state index is -0.457. The third kappa shape index (κ3) is 4.30. The van der Waals surface area contributed by atoms with Crippen LogP contribution in [-0.2, 0) is 6.54 Å². The number of benzene rings is 2. The van der Waals surface area contributed by atoms with Gasteiger partial charge < -0.3 is 15.5 Å². The predicted octanol–water partition coefficient (Wildman–Crippen LogP) is 3.17. The van der Waals surface area contributed by atoms with E-state index in [2.05, 4.69) is 10.6 Å². The minimum absolute atomic E-state index is 0.0696. The largest absolute Gasteiger partial charge is 0.378 e. The van der Waals surface area contributed by atoms with Gasteiger partial charge in [-0.2, -0.15) is 0 Å². The van der Waals surface area contributed by atoms with E-state index >= 15 is 0 Å². The van der Waals surface area contributed by atoms with E-state index in [-0.39, 0.29) is 17.2 Å². The van der Waals surface area contributed by atoms with Crippen LogP contribution in [0.3, 0.4) is 0 Å². The van der Waals surface area contributed by atoms with E-state index in [1.54, 1.807) is 12.1 Å². The molecule has 1 saturated carbocycles. The van der Waals surface area contributed by atoms with Crippen LogP contribution in [-0.4, -0.2) is 31.0 Å². The highest BCUT2D eigenvalue weighted by atomic mass is 16.6. The summed E-state index contributed by atoms with van der Waals surface area (Å²) in [7, 11) is 3.93. The van der Waals surface area contributed by atoms with Crippen LogP contribution in [0.25, 0.3) is 0 Å². The monoisotopic (exact) mass is 354 g/mol. The Kier molecular flexibility index (Phi) is 5.06. The Bertz CT molecular complexity index is 814. The number of hydrogen-bond acceptors (Lipinski definition) is 5. The third-order valence-electron chi connectivity index (χ3n) is 4.30. The standard InChI is InChI=1S/C19H22N4O3/c1-22(2)16-8-3-13(4-9-16)12-20-19(24)14-5-10-17(21-15-6-7-15)18(11-14)23(25)26/h3-5,8-11,15,21H,6-7,12H2,1-2H3,(H,20,24). The van der Waals surface area contributed by atoms with E-state index in [9.17, 15) is 14.9 Å². The van der Waals surface area contributed by atoms with E-state index in [4.69, 9.17) is 0 Å². The van der Waals surface area contributed by atoms with E-state index in [0.29, 0.717) is 18.3 Å². The quantitative estimate of drug-likeness (QED) is 0.589. The van der Waals surface area contributed by atoms with Gasteiger partial charge in [0.1, 0.15) is 5.69 Å². The normalized spacial score (nSPS) is 13.2. The number of nitrogens with one attached hydrogen (secondary N) is 2. The first-order valence-electron chi connectivity index (χ1n) is 8.53. The number of nitro groups is 1. The zero-order valence-corrected chi connectivity index (χ0v) is 14.9. The lowest BCUT2D eigenvalue weighted by Gasteiger charge is -2.13. The van der Waals surface area contributed by atoms with Crippen LogP contribution in [0.2, 0.25) is 0 Å².